The normalized spacial score (nSPS) is 15.4. The van der Waals surface area contributed by atoms with Crippen LogP contribution in [0.15, 0.2) is 18.2 Å². The Morgan fingerprint density at radius 1 is 1.32 bits per heavy atom. The fraction of sp³-hybridized carbons (Fsp3) is 0.471. The van der Waals surface area contributed by atoms with E-state index in [1.54, 1.807) is 26.8 Å². The highest BCUT2D eigenvalue weighted by Gasteiger charge is 2.22. The van der Waals surface area contributed by atoms with Crippen molar-refractivity contribution in [3.8, 4) is 0 Å². The number of hydrogen-bond acceptors (Lipinski definition) is 3. The lowest BCUT2D eigenvalue weighted by atomic mass is 9.94. The average molecular weight is 310 g/mol. The van der Waals surface area contributed by atoms with E-state index in [1.165, 1.54) is 6.07 Å². The third kappa shape index (κ3) is 4.37. The van der Waals surface area contributed by atoms with Crippen molar-refractivity contribution in [1.29, 1.82) is 0 Å². The lowest BCUT2D eigenvalue weighted by Gasteiger charge is -2.21. The molecule has 1 aromatic rings. The Balaban J connectivity index is 2.33. The van der Waals surface area contributed by atoms with Crippen molar-refractivity contribution in [2.24, 2.45) is 0 Å². The molecule has 120 valence electrons. The number of rotatable bonds is 3. The summed E-state index contributed by atoms with van der Waals surface area (Å²) in [4.78, 5) is 12.0. The smallest absolute Gasteiger partial charge is 0.310 e. The molecular weight excluding hydrogens is 290 g/mol. The molecule has 0 spiro atoms. The zero-order valence-corrected chi connectivity index (χ0v) is 13.0. The van der Waals surface area contributed by atoms with Crippen LogP contribution in [0.2, 0.25) is 0 Å². The van der Waals surface area contributed by atoms with Gasteiger partial charge in [-0.05, 0) is 44.4 Å². The van der Waals surface area contributed by atoms with Gasteiger partial charge in [0.2, 0.25) is 0 Å². The lowest BCUT2D eigenvalue weighted by molar-refractivity contribution is -0.153. The Hall–Kier alpha value is -1.75. The van der Waals surface area contributed by atoms with E-state index in [4.69, 9.17) is 9.47 Å². The maximum Gasteiger partial charge on any atom is 0.310 e. The molecule has 1 aliphatic heterocycles. The predicted molar refractivity (Wildman–Crippen MR) is 79.3 cm³/mol. The minimum atomic E-state index is -0.701. The Labute approximate surface area is 128 Å². The molecule has 0 aromatic heterocycles. The van der Waals surface area contributed by atoms with E-state index >= 15 is 0 Å². The molecule has 0 aliphatic carbocycles. The van der Waals surface area contributed by atoms with E-state index in [0.29, 0.717) is 25.2 Å². The van der Waals surface area contributed by atoms with Gasteiger partial charge in [0.1, 0.15) is 17.2 Å². The van der Waals surface area contributed by atoms with Crippen LogP contribution < -0.4 is 0 Å². The Kier molecular flexibility index (Phi) is 4.96. The number of carbonyl (C=O) groups is 1. The third-order valence-electron chi connectivity index (χ3n) is 3.18. The summed E-state index contributed by atoms with van der Waals surface area (Å²) in [6, 6.07) is 2.03. The van der Waals surface area contributed by atoms with Gasteiger partial charge < -0.3 is 9.47 Å². The highest BCUT2D eigenvalue weighted by atomic mass is 19.1. The quantitative estimate of drug-likeness (QED) is 0.799. The monoisotopic (exact) mass is 310 g/mol. The summed E-state index contributed by atoms with van der Waals surface area (Å²) in [7, 11) is 0. The molecule has 0 saturated carbocycles. The largest absolute Gasteiger partial charge is 0.460 e. The van der Waals surface area contributed by atoms with E-state index in [1.807, 2.05) is 0 Å². The first kappa shape index (κ1) is 16.6. The van der Waals surface area contributed by atoms with Gasteiger partial charge >= 0.3 is 5.97 Å². The highest BCUT2D eigenvalue weighted by Crippen LogP contribution is 2.29. The Morgan fingerprint density at radius 3 is 2.64 bits per heavy atom. The summed E-state index contributed by atoms with van der Waals surface area (Å²) in [6.45, 7) is 6.11. The second-order valence-corrected chi connectivity index (χ2v) is 6.24. The van der Waals surface area contributed by atoms with Crippen LogP contribution in [-0.2, 0) is 20.7 Å². The molecule has 0 atom stereocenters. The molecule has 1 aromatic carbocycles. The molecule has 0 saturated heterocycles. The van der Waals surface area contributed by atoms with Crippen LogP contribution in [0.4, 0.5) is 8.78 Å². The van der Waals surface area contributed by atoms with Gasteiger partial charge in [-0.25, -0.2) is 8.78 Å². The van der Waals surface area contributed by atoms with E-state index in [9.17, 15) is 13.6 Å². The zero-order chi connectivity index (χ0) is 16.3. The van der Waals surface area contributed by atoms with Gasteiger partial charge in [0, 0.05) is 11.6 Å². The number of halogens is 2. The molecule has 0 radical (unpaired) electrons. The minimum absolute atomic E-state index is 0.167. The molecule has 0 amide bonds. The van der Waals surface area contributed by atoms with Crippen LogP contribution in [0, 0.1) is 11.6 Å². The maximum absolute atomic E-state index is 14.2. The van der Waals surface area contributed by atoms with Gasteiger partial charge in [0.05, 0.1) is 19.6 Å². The molecular formula is C17H20F2O3. The molecule has 1 aliphatic rings. The fourth-order valence-electron chi connectivity index (χ4n) is 2.41. The second-order valence-electron chi connectivity index (χ2n) is 6.24. The van der Waals surface area contributed by atoms with Crippen LogP contribution in [0.3, 0.4) is 0 Å². The molecule has 5 heteroatoms. The van der Waals surface area contributed by atoms with E-state index in [-0.39, 0.29) is 12.0 Å². The number of esters is 1. The first-order valence-electron chi connectivity index (χ1n) is 7.23. The van der Waals surface area contributed by atoms with Gasteiger partial charge in [0.15, 0.2) is 0 Å². The van der Waals surface area contributed by atoms with Crippen molar-refractivity contribution in [3.05, 3.63) is 41.0 Å². The van der Waals surface area contributed by atoms with Crippen LogP contribution >= 0.6 is 0 Å². The van der Waals surface area contributed by atoms with Gasteiger partial charge in [-0.15, -0.1) is 0 Å². The molecule has 0 bridgehead atoms. The van der Waals surface area contributed by atoms with Gasteiger partial charge in [0.25, 0.3) is 0 Å². The topological polar surface area (TPSA) is 35.5 Å². The van der Waals surface area contributed by atoms with Crippen molar-refractivity contribution in [3.63, 3.8) is 0 Å². The van der Waals surface area contributed by atoms with E-state index < -0.39 is 23.2 Å². The van der Waals surface area contributed by atoms with Gasteiger partial charge in [-0.1, -0.05) is 6.08 Å². The lowest BCUT2D eigenvalue weighted by Crippen LogP contribution is -2.25. The Bertz CT molecular complexity index is 601. The van der Waals surface area contributed by atoms with Crippen LogP contribution in [0.25, 0.3) is 5.57 Å². The van der Waals surface area contributed by atoms with Gasteiger partial charge in [-0.2, -0.15) is 0 Å². The van der Waals surface area contributed by atoms with Gasteiger partial charge in [-0.3, -0.25) is 4.79 Å². The standard InChI is InChI=1S/C17H20F2O3/c1-17(2,3)22-15(20)9-12-8-13(18)10-14(19)16(12)11-4-6-21-7-5-11/h4,8,10H,5-7,9H2,1-3H3. The van der Waals surface area contributed by atoms with E-state index in [2.05, 4.69) is 0 Å². The van der Waals surface area contributed by atoms with Crippen molar-refractivity contribution in [1.82, 2.24) is 0 Å². The van der Waals surface area contributed by atoms with Crippen molar-refractivity contribution < 1.29 is 23.0 Å². The third-order valence-corrected chi connectivity index (χ3v) is 3.18. The molecule has 1 heterocycles. The summed E-state index contributed by atoms with van der Waals surface area (Å²) in [5.41, 5.74) is 0.693. The first-order chi connectivity index (χ1) is 10.3. The average Bonchev–Trinajstić information content (AvgIpc) is 2.36. The molecule has 22 heavy (non-hydrogen) atoms. The van der Waals surface area contributed by atoms with Crippen LogP contribution in [0.1, 0.15) is 38.3 Å². The second kappa shape index (κ2) is 6.57. The fourth-order valence-corrected chi connectivity index (χ4v) is 2.41. The number of carbonyl (C=O) groups excluding carboxylic acids is 1. The SMILES string of the molecule is CC(C)(C)OC(=O)Cc1cc(F)cc(F)c1C1=CCOCC1. The first-order valence-corrected chi connectivity index (χ1v) is 7.23. The molecule has 0 N–H and O–H groups in total. The summed E-state index contributed by atoms with van der Waals surface area (Å²) < 4.78 is 38.2. The zero-order valence-electron chi connectivity index (χ0n) is 13.0. The summed E-state index contributed by atoms with van der Waals surface area (Å²) in [5, 5.41) is 0. The molecule has 0 fully saturated rings. The van der Waals surface area contributed by atoms with Crippen LogP contribution in [0.5, 0.6) is 0 Å². The molecule has 3 nitrogen and oxygen atoms in total. The summed E-state index contributed by atoms with van der Waals surface area (Å²) in [5.74, 6) is -1.87. The number of benzene rings is 1. The van der Waals surface area contributed by atoms with Crippen molar-refractivity contribution >= 4 is 11.5 Å². The summed E-state index contributed by atoms with van der Waals surface area (Å²) >= 11 is 0. The highest BCUT2D eigenvalue weighted by molar-refractivity contribution is 5.78. The summed E-state index contributed by atoms with van der Waals surface area (Å²) in [6.07, 6.45) is 2.13. The predicted octanol–water partition coefficient (Wildman–Crippen LogP) is 3.65. The Morgan fingerprint density at radius 2 is 2.05 bits per heavy atom. The van der Waals surface area contributed by atoms with E-state index in [0.717, 1.165) is 11.6 Å². The number of hydrogen-bond donors (Lipinski definition) is 0. The maximum atomic E-state index is 14.2. The molecule has 2 rings (SSSR count). The number of ether oxygens (including phenoxy) is 2. The van der Waals surface area contributed by atoms with Crippen molar-refractivity contribution in [2.75, 3.05) is 13.2 Å². The minimum Gasteiger partial charge on any atom is -0.460 e. The molecule has 0 unspecified atom stereocenters. The van der Waals surface area contributed by atoms with Crippen molar-refractivity contribution in [2.45, 2.75) is 39.2 Å². The van der Waals surface area contributed by atoms with Crippen LogP contribution in [-0.4, -0.2) is 24.8 Å².